The fourth-order valence-electron chi connectivity index (χ4n) is 3.44. The lowest BCUT2D eigenvalue weighted by Crippen LogP contribution is -2.70. The second kappa shape index (κ2) is 5.67. The Bertz CT molecular complexity index is 855. The minimum Gasteiger partial charge on any atom is -0.467 e. The van der Waals surface area contributed by atoms with Crippen molar-refractivity contribution in [2.24, 2.45) is 5.92 Å². The minimum absolute atomic E-state index is 0.253. The minimum atomic E-state index is -1.14. The van der Waals surface area contributed by atoms with Gasteiger partial charge in [0.2, 0.25) is 5.91 Å². The molecule has 0 aromatic heterocycles. The van der Waals surface area contributed by atoms with Gasteiger partial charge in [-0.3, -0.25) is 10.1 Å². The van der Waals surface area contributed by atoms with Crippen LogP contribution >= 0.6 is 11.6 Å². The molecular formula is C18H16ClN3O3. The predicted molar refractivity (Wildman–Crippen MR) is 93.5 cm³/mol. The van der Waals surface area contributed by atoms with Gasteiger partial charge in [-0.15, -0.1) is 0 Å². The number of carbonyl (C=O) groups excluding carboxylic acids is 2. The van der Waals surface area contributed by atoms with Crippen molar-refractivity contribution in [3.8, 4) is 5.75 Å². The molecule has 2 aliphatic heterocycles. The van der Waals surface area contributed by atoms with Crippen molar-refractivity contribution in [2.75, 3.05) is 5.32 Å². The number of ether oxygens (including phenoxy) is 1. The topological polar surface area (TPSA) is 79.5 Å². The highest BCUT2D eigenvalue weighted by Gasteiger charge is 2.55. The lowest BCUT2D eigenvalue weighted by molar-refractivity contribution is -0.133. The first-order valence-corrected chi connectivity index (χ1v) is 8.27. The summed E-state index contributed by atoms with van der Waals surface area (Å²) < 4.78 is 6.00. The molecule has 0 saturated carbocycles. The summed E-state index contributed by atoms with van der Waals surface area (Å²) in [5.41, 5.74) is 0.269. The number of anilines is 1. The summed E-state index contributed by atoms with van der Waals surface area (Å²) in [5, 5.41) is 9.04. The zero-order valence-electron chi connectivity index (χ0n) is 13.4. The number of hydrogen-bond acceptors (Lipinski definition) is 3. The number of hydrogen-bond donors (Lipinski definition) is 3. The standard InChI is InChI=1S/C18H16ClN3O3/c1-18-14(16(23)20-11-8-6-10(19)7-9-11)15(21-17(24)22-18)12-4-2-3-5-13(12)25-18/h2-9,14-15H,1H3,(H,20,23)(H2,21,22,24)/t14-,15-,18+/m1/s1. The number of benzene rings is 2. The number of carbonyl (C=O) groups is 2. The molecule has 2 heterocycles. The summed E-state index contributed by atoms with van der Waals surface area (Å²) in [6.07, 6.45) is 0. The van der Waals surface area contributed by atoms with Crippen LogP contribution in [0, 0.1) is 5.92 Å². The molecule has 7 heteroatoms. The first-order chi connectivity index (χ1) is 12.0. The summed E-state index contributed by atoms with van der Waals surface area (Å²) in [6, 6.07) is 13.4. The molecule has 2 aromatic carbocycles. The van der Waals surface area contributed by atoms with Gasteiger partial charge >= 0.3 is 6.03 Å². The van der Waals surface area contributed by atoms with Crippen LogP contribution in [0.5, 0.6) is 5.75 Å². The van der Waals surface area contributed by atoms with Crippen LogP contribution in [0.15, 0.2) is 48.5 Å². The molecule has 2 aromatic rings. The van der Waals surface area contributed by atoms with Gasteiger partial charge in [-0.1, -0.05) is 29.8 Å². The lowest BCUT2D eigenvalue weighted by atomic mass is 9.80. The molecule has 1 saturated heterocycles. The maximum atomic E-state index is 13.0. The molecule has 6 nitrogen and oxygen atoms in total. The van der Waals surface area contributed by atoms with Crippen molar-refractivity contribution >= 4 is 29.2 Å². The van der Waals surface area contributed by atoms with E-state index in [4.69, 9.17) is 16.3 Å². The number of nitrogens with one attached hydrogen (secondary N) is 3. The molecule has 0 radical (unpaired) electrons. The Kier molecular flexibility index (Phi) is 3.58. The summed E-state index contributed by atoms with van der Waals surface area (Å²) in [5.74, 6) is -0.245. The molecule has 3 amide bonds. The maximum absolute atomic E-state index is 13.0. The molecule has 2 aliphatic rings. The molecule has 0 unspecified atom stereocenters. The molecule has 25 heavy (non-hydrogen) atoms. The van der Waals surface area contributed by atoms with Gasteiger partial charge in [-0.05, 0) is 37.3 Å². The second-order valence-electron chi connectivity index (χ2n) is 6.30. The van der Waals surface area contributed by atoms with Gasteiger partial charge in [0.15, 0.2) is 5.72 Å². The van der Waals surface area contributed by atoms with Gasteiger partial charge in [-0.25, -0.2) is 4.79 Å². The maximum Gasteiger partial charge on any atom is 0.318 e. The second-order valence-corrected chi connectivity index (χ2v) is 6.73. The largest absolute Gasteiger partial charge is 0.467 e. The molecule has 0 spiro atoms. The quantitative estimate of drug-likeness (QED) is 0.772. The first kappa shape index (κ1) is 15.8. The van der Waals surface area contributed by atoms with Gasteiger partial charge in [0.05, 0.1) is 6.04 Å². The van der Waals surface area contributed by atoms with Crippen LogP contribution in [-0.2, 0) is 4.79 Å². The van der Waals surface area contributed by atoms with Crippen molar-refractivity contribution in [2.45, 2.75) is 18.7 Å². The van der Waals surface area contributed by atoms with Crippen LogP contribution in [0.2, 0.25) is 5.02 Å². The van der Waals surface area contributed by atoms with E-state index in [2.05, 4.69) is 16.0 Å². The van der Waals surface area contributed by atoms with E-state index >= 15 is 0 Å². The predicted octanol–water partition coefficient (Wildman–Crippen LogP) is 3.06. The highest BCUT2D eigenvalue weighted by Crippen LogP contribution is 2.44. The molecule has 0 aliphatic carbocycles. The average Bonchev–Trinajstić information content (AvgIpc) is 2.55. The molecule has 3 N–H and O–H groups in total. The Morgan fingerprint density at radius 3 is 2.68 bits per heavy atom. The Hall–Kier alpha value is -2.73. The van der Waals surface area contributed by atoms with Gasteiger partial charge < -0.3 is 15.4 Å². The van der Waals surface area contributed by atoms with E-state index < -0.39 is 17.7 Å². The third-order valence-corrected chi connectivity index (χ3v) is 4.80. The Morgan fingerprint density at radius 2 is 1.92 bits per heavy atom. The highest BCUT2D eigenvalue weighted by atomic mass is 35.5. The van der Waals surface area contributed by atoms with E-state index in [9.17, 15) is 9.59 Å². The Morgan fingerprint density at radius 1 is 1.20 bits per heavy atom. The number of urea groups is 1. The van der Waals surface area contributed by atoms with Crippen molar-refractivity contribution in [3.05, 3.63) is 59.1 Å². The van der Waals surface area contributed by atoms with E-state index in [0.29, 0.717) is 16.5 Å². The van der Waals surface area contributed by atoms with Crippen LogP contribution in [-0.4, -0.2) is 17.7 Å². The molecule has 128 valence electrons. The van der Waals surface area contributed by atoms with E-state index in [-0.39, 0.29) is 11.9 Å². The number of rotatable bonds is 2. The fraction of sp³-hybridized carbons (Fsp3) is 0.222. The monoisotopic (exact) mass is 357 g/mol. The smallest absolute Gasteiger partial charge is 0.318 e. The van der Waals surface area contributed by atoms with Gasteiger partial charge in [0.25, 0.3) is 0 Å². The summed E-state index contributed by atoms with van der Waals surface area (Å²) in [4.78, 5) is 25.0. The first-order valence-electron chi connectivity index (χ1n) is 7.89. The van der Waals surface area contributed by atoms with Crippen molar-refractivity contribution < 1.29 is 14.3 Å². The lowest BCUT2D eigenvalue weighted by Gasteiger charge is -2.49. The summed E-state index contributed by atoms with van der Waals surface area (Å²) in [6.45, 7) is 1.71. The third kappa shape index (κ3) is 2.68. The van der Waals surface area contributed by atoms with Crippen molar-refractivity contribution in [1.82, 2.24) is 10.6 Å². The number of para-hydroxylation sites is 1. The van der Waals surface area contributed by atoms with Gasteiger partial charge in [0.1, 0.15) is 11.7 Å². The van der Waals surface area contributed by atoms with Gasteiger partial charge in [0, 0.05) is 16.3 Å². The van der Waals surface area contributed by atoms with Crippen LogP contribution in [0.4, 0.5) is 10.5 Å². The molecule has 1 fully saturated rings. The summed E-state index contributed by atoms with van der Waals surface area (Å²) >= 11 is 5.88. The molecule has 2 bridgehead atoms. The summed E-state index contributed by atoms with van der Waals surface area (Å²) in [7, 11) is 0. The third-order valence-electron chi connectivity index (χ3n) is 4.55. The highest BCUT2D eigenvalue weighted by molar-refractivity contribution is 6.30. The van der Waals surface area contributed by atoms with E-state index in [1.165, 1.54) is 0 Å². The van der Waals surface area contributed by atoms with E-state index in [0.717, 1.165) is 5.56 Å². The number of amides is 3. The van der Waals surface area contributed by atoms with Crippen LogP contribution in [0.1, 0.15) is 18.5 Å². The number of fused-ring (bicyclic) bond motifs is 4. The fourth-order valence-corrected chi connectivity index (χ4v) is 3.57. The average molecular weight is 358 g/mol. The molecule has 4 rings (SSSR count). The van der Waals surface area contributed by atoms with E-state index in [1.807, 2.05) is 24.3 Å². The van der Waals surface area contributed by atoms with Crippen LogP contribution in [0.3, 0.4) is 0 Å². The van der Waals surface area contributed by atoms with Crippen LogP contribution < -0.4 is 20.7 Å². The SMILES string of the molecule is C[C@]12NC(=O)N[C@H](c3ccccc3O1)[C@@H]2C(=O)Nc1ccc(Cl)cc1. The zero-order chi connectivity index (χ0) is 17.6. The molecular weight excluding hydrogens is 342 g/mol. The van der Waals surface area contributed by atoms with Crippen LogP contribution in [0.25, 0.3) is 0 Å². The van der Waals surface area contributed by atoms with Gasteiger partial charge in [-0.2, -0.15) is 0 Å². The molecule has 3 atom stereocenters. The van der Waals surface area contributed by atoms with Crippen molar-refractivity contribution in [1.29, 1.82) is 0 Å². The van der Waals surface area contributed by atoms with E-state index in [1.54, 1.807) is 31.2 Å². The Labute approximate surface area is 149 Å². The Balaban J connectivity index is 1.69. The van der Waals surface area contributed by atoms with Crippen molar-refractivity contribution in [3.63, 3.8) is 0 Å². The zero-order valence-corrected chi connectivity index (χ0v) is 14.1. The normalized spacial score (nSPS) is 26.6. The number of halogens is 1.